The summed E-state index contributed by atoms with van der Waals surface area (Å²) in [6.45, 7) is 5.17. The second-order valence-electron chi connectivity index (χ2n) is 5.45. The van der Waals surface area contributed by atoms with E-state index in [-0.39, 0.29) is 18.0 Å². The first kappa shape index (κ1) is 13.7. The quantitative estimate of drug-likeness (QED) is 0.821. The van der Waals surface area contributed by atoms with Crippen molar-refractivity contribution in [1.29, 1.82) is 0 Å². The lowest BCUT2D eigenvalue weighted by Gasteiger charge is -2.35. The van der Waals surface area contributed by atoms with Gasteiger partial charge < -0.3 is 10.6 Å². The Morgan fingerprint density at radius 3 is 2.94 bits per heavy atom. The van der Waals surface area contributed by atoms with Crippen molar-refractivity contribution in [2.75, 3.05) is 18.8 Å². The molecule has 1 aliphatic carbocycles. The van der Waals surface area contributed by atoms with Crippen molar-refractivity contribution in [2.24, 2.45) is 10.9 Å². The van der Waals surface area contributed by atoms with Gasteiger partial charge in [-0.1, -0.05) is 18.7 Å². The molecule has 18 heavy (non-hydrogen) atoms. The zero-order valence-corrected chi connectivity index (χ0v) is 12.1. The minimum absolute atomic E-state index is 0.00520. The van der Waals surface area contributed by atoms with Gasteiger partial charge in [0.25, 0.3) is 0 Å². The van der Waals surface area contributed by atoms with E-state index in [1.807, 2.05) is 6.92 Å². The molecule has 1 saturated carbocycles. The Morgan fingerprint density at radius 2 is 2.28 bits per heavy atom. The third-order valence-electron chi connectivity index (χ3n) is 3.83. The Bertz CT molecular complexity index is 335. The van der Waals surface area contributed by atoms with Gasteiger partial charge in [0.2, 0.25) is 5.91 Å². The molecular weight excluding hydrogens is 246 g/mol. The first-order chi connectivity index (χ1) is 8.63. The minimum Gasteiger partial charge on any atom is -0.359 e. The number of nitrogens with one attached hydrogen (secondary N) is 2. The molecule has 102 valence electrons. The molecule has 1 spiro atoms. The zero-order valence-electron chi connectivity index (χ0n) is 11.3. The Morgan fingerprint density at radius 1 is 1.56 bits per heavy atom. The molecule has 0 unspecified atom stereocenters. The van der Waals surface area contributed by atoms with Crippen molar-refractivity contribution in [3.63, 3.8) is 0 Å². The number of amidine groups is 1. The smallest absolute Gasteiger partial charge is 0.241 e. The summed E-state index contributed by atoms with van der Waals surface area (Å²) in [5, 5.41) is 7.28. The third kappa shape index (κ3) is 3.40. The highest BCUT2D eigenvalue weighted by Crippen LogP contribution is 2.38. The standard InChI is InChI=1S/C13H23N3OS/c1-3-14-11(17)8-15-12-16-13(9-18-12)6-4-10(2)5-7-13/h10H,3-9H2,1-2H3,(H,14,17)(H,15,16). The van der Waals surface area contributed by atoms with E-state index in [0.29, 0.717) is 6.54 Å². The van der Waals surface area contributed by atoms with Crippen molar-refractivity contribution >= 4 is 22.8 Å². The highest BCUT2D eigenvalue weighted by atomic mass is 32.2. The van der Waals surface area contributed by atoms with E-state index in [9.17, 15) is 4.79 Å². The molecule has 0 aromatic heterocycles. The fraction of sp³-hybridized carbons (Fsp3) is 0.846. The molecule has 2 aliphatic rings. The fourth-order valence-corrected chi connectivity index (χ4v) is 3.79. The molecule has 0 bridgehead atoms. The van der Waals surface area contributed by atoms with Gasteiger partial charge in [0, 0.05) is 17.8 Å². The lowest BCUT2D eigenvalue weighted by Crippen LogP contribution is -2.46. The van der Waals surface area contributed by atoms with Crippen molar-refractivity contribution in [2.45, 2.75) is 45.1 Å². The summed E-state index contributed by atoms with van der Waals surface area (Å²) in [7, 11) is 0. The Kier molecular flexibility index (Phi) is 4.54. The maximum Gasteiger partial charge on any atom is 0.241 e. The lowest BCUT2D eigenvalue weighted by atomic mass is 9.78. The lowest BCUT2D eigenvalue weighted by molar-refractivity contribution is -0.119. The maximum absolute atomic E-state index is 11.4. The maximum atomic E-state index is 11.4. The van der Waals surface area contributed by atoms with Crippen molar-refractivity contribution in [3.05, 3.63) is 0 Å². The number of thioether (sulfide) groups is 1. The van der Waals surface area contributed by atoms with E-state index in [1.165, 1.54) is 25.7 Å². The highest BCUT2D eigenvalue weighted by Gasteiger charge is 2.39. The van der Waals surface area contributed by atoms with Crippen molar-refractivity contribution in [3.8, 4) is 0 Å². The summed E-state index contributed by atoms with van der Waals surface area (Å²) in [6.07, 6.45) is 5.08. The van der Waals surface area contributed by atoms with E-state index < -0.39 is 0 Å². The van der Waals surface area contributed by atoms with Crippen LogP contribution in [0.4, 0.5) is 0 Å². The predicted molar refractivity (Wildman–Crippen MR) is 76.9 cm³/mol. The molecule has 1 amide bonds. The Hall–Kier alpha value is -0.710. The third-order valence-corrected chi connectivity index (χ3v) is 5.03. The van der Waals surface area contributed by atoms with Gasteiger partial charge in [0.1, 0.15) is 6.54 Å². The van der Waals surface area contributed by atoms with E-state index in [4.69, 9.17) is 0 Å². The van der Waals surface area contributed by atoms with Gasteiger partial charge in [-0.15, -0.1) is 0 Å². The van der Waals surface area contributed by atoms with E-state index in [2.05, 4.69) is 22.5 Å². The number of carbonyl (C=O) groups is 1. The van der Waals surface area contributed by atoms with Crippen LogP contribution in [-0.4, -0.2) is 35.5 Å². The van der Waals surface area contributed by atoms with E-state index in [0.717, 1.165) is 16.8 Å². The van der Waals surface area contributed by atoms with Crippen LogP contribution in [0.5, 0.6) is 0 Å². The van der Waals surface area contributed by atoms with Gasteiger partial charge in [-0.05, 0) is 38.5 Å². The molecular formula is C13H23N3OS. The molecule has 2 rings (SSSR count). The summed E-state index contributed by atoms with van der Waals surface area (Å²) in [4.78, 5) is 15.7. The van der Waals surface area contributed by atoms with Crippen LogP contribution in [0.1, 0.15) is 39.5 Å². The van der Waals surface area contributed by atoms with Crippen LogP contribution in [0.3, 0.4) is 0 Å². The van der Waals surface area contributed by atoms with Gasteiger partial charge in [-0.3, -0.25) is 9.79 Å². The zero-order chi connectivity index (χ0) is 13.0. The largest absolute Gasteiger partial charge is 0.359 e. The summed E-state index contributed by atoms with van der Waals surface area (Å²) in [5.74, 6) is 1.97. The molecule has 5 heteroatoms. The number of hydrogen-bond acceptors (Lipinski definition) is 3. The van der Waals surface area contributed by atoms with Crippen molar-refractivity contribution < 1.29 is 4.79 Å². The topological polar surface area (TPSA) is 53.5 Å². The molecule has 2 N–H and O–H groups in total. The van der Waals surface area contributed by atoms with E-state index >= 15 is 0 Å². The van der Waals surface area contributed by atoms with Gasteiger partial charge in [0.05, 0.1) is 0 Å². The monoisotopic (exact) mass is 269 g/mol. The molecule has 0 aromatic rings. The molecule has 1 aliphatic heterocycles. The number of aliphatic imine (C=N–C) groups is 1. The van der Waals surface area contributed by atoms with Crippen LogP contribution in [-0.2, 0) is 4.79 Å². The number of hydrogen-bond donors (Lipinski definition) is 2. The number of nitrogens with zero attached hydrogens (tertiary/aromatic N) is 1. The van der Waals surface area contributed by atoms with E-state index in [1.54, 1.807) is 11.8 Å². The summed E-state index contributed by atoms with van der Waals surface area (Å²) >= 11 is 1.77. The molecule has 0 radical (unpaired) electrons. The van der Waals surface area contributed by atoms with Gasteiger partial charge >= 0.3 is 0 Å². The first-order valence-corrected chi connectivity index (χ1v) is 7.84. The fourth-order valence-electron chi connectivity index (χ4n) is 2.57. The van der Waals surface area contributed by atoms with Gasteiger partial charge in [0.15, 0.2) is 5.17 Å². The molecule has 0 atom stereocenters. The van der Waals surface area contributed by atoms with Crippen LogP contribution in [0, 0.1) is 5.92 Å². The number of carbonyl (C=O) groups excluding carboxylic acids is 1. The minimum atomic E-state index is 0.00520. The molecule has 1 heterocycles. The summed E-state index contributed by atoms with van der Waals surface area (Å²) < 4.78 is 0. The van der Waals surface area contributed by atoms with Crippen LogP contribution < -0.4 is 10.6 Å². The molecule has 2 fully saturated rings. The molecule has 0 aromatic carbocycles. The highest BCUT2D eigenvalue weighted by molar-refractivity contribution is 8.14. The Balaban J connectivity index is 1.84. The molecule has 1 saturated heterocycles. The number of rotatable bonds is 3. The first-order valence-electron chi connectivity index (χ1n) is 6.86. The van der Waals surface area contributed by atoms with Crippen LogP contribution in [0.2, 0.25) is 0 Å². The summed E-state index contributed by atoms with van der Waals surface area (Å²) in [6, 6.07) is 0. The van der Waals surface area contributed by atoms with Gasteiger partial charge in [-0.25, -0.2) is 0 Å². The van der Waals surface area contributed by atoms with Gasteiger partial charge in [-0.2, -0.15) is 0 Å². The van der Waals surface area contributed by atoms with Crippen molar-refractivity contribution in [1.82, 2.24) is 10.6 Å². The Labute approximate surface area is 113 Å². The average molecular weight is 269 g/mol. The van der Waals surface area contributed by atoms with Crippen LogP contribution >= 0.6 is 11.8 Å². The second-order valence-corrected chi connectivity index (χ2v) is 6.42. The second kappa shape index (κ2) is 5.95. The molecule has 4 nitrogen and oxygen atoms in total. The van der Waals surface area contributed by atoms with Crippen LogP contribution in [0.25, 0.3) is 0 Å². The normalized spacial score (nSPS) is 33.7. The predicted octanol–water partition coefficient (Wildman–Crippen LogP) is 1.76. The number of likely N-dealkylation sites (N-methyl/N-ethyl adjacent to an activating group) is 1. The summed E-state index contributed by atoms with van der Waals surface area (Å²) in [5.41, 5.74) is 0.261. The van der Waals surface area contributed by atoms with Crippen LogP contribution in [0.15, 0.2) is 4.99 Å². The SMILES string of the molecule is CCNC(=O)CN=C1NC2(CCC(C)CC2)CS1. The number of amides is 1. The average Bonchev–Trinajstić information content (AvgIpc) is 2.75.